The van der Waals surface area contributed by atoms with Crippen molar-refractivity contribution in [2.45, 2.75) is 19.9 Å². The molecule has 0 aliphatic carbocycles. The number of fused-ring (bicyclic) bond motifs is 1. The summed E-state index contributed by atoms with van der Waals surface area (Å²) in [5, 5.41) is 15.7. The Hall–Kier alpha value is -2.50. The second-order valence-corrected chi connectivity index (χ2v) is 4.65. The Labute approximate surface area is 115 Å². The lowest BCUT2D eigenvalue weighted by molar-refractivity contribution is 0.626. The molecule has 1 unspecified atom stereocenters. The molecule has 0 saturated carbocycles. The molecule has 5 nitrogen and oxygen atoms in total. The van der Waals surface area contributed by atoms with E-state index in [1.165, 1.54) is 12.1 Å². The third-order valence-corrected chi connectivity index (χ3v) is 3.15. The van der Waals surface area contributed by atoms with Crippen LogP contribution in [0.1, 0.15) is 24.4 Å². The molecule has 0 aliphatic heterocycles. The van der Waals surface area contributed by atoms with Gasteiger partial charge in [0.15, 0.2) is 11.5 Å². The standard InChI is InChI=1S/C14H14FN5/c1-9(11-3-5-12(15)6-4-11)16-13-7-8-14-18-17-10(2)20(14)19-13/h3-9H,1-2H3,(H,16,19). The SMILES string of the molecule is Cc1nnc2ccc(NC(C)c3ccc(F)cc3)nn12. The molecular weight excluding hydrogens is 257 g/mol. The van der Waals surface area contributed by atoms with Gasteiger partial charge in [0, 0.05) is 0 Å². The maximum Gasteiger partial charge on any atom is 0.178 e. The van der Waals surface area contributed by atoms with Crippen molar-refractivity contribution in [1.82, 2.24) is 19.8 Å². The number of rotatable bonds is 3. The van der Waals surface area contributed by atoms with Crippen LogP contribution in [0.25, 0.3) is 5.65 Å². The van der Waals surface area contributed by atoms with E-state index in [2.05, 4.69) is 20.6 Å². The largest absolute Gasteiger partial charge is 0.362 e. The van der Waals surface area contributed by atoms with Crippen molar-refractivity contribution in [3.8, 4) is 0 Å². The molecule has 2 heterocycles. The Kier molecular flexibility index (Phi) is 3.06. The number of hydrogen-bond acceptors (Lipinski definition) is 4. The lowest BCUT2D eigenvalue weighted by atomic mass is 10.1. The molecule has 2 aromatic heterocycles. The van der Waals surface area contributed by atoms with Crippen LogP contribution in [-0.2, 0) is 0 Å². The van der Waals surface area contributed by atoms with Gasteiger partial charge in [-0.05, 0) is 43.7 Å². The van der Waals surface area contributed by atoms with E-state index in [4.69, 9.17) is 0 Å². The van der Waals surface area contributed by atoms with Crippen LogP contribution in [0, 0.1) is 12.7 Å². The summed E-state index contributed by atoms with van der Waals surface area (Å²) in [5.41, 5.74) is 1.70. The predicted octanol–water partition coefficient (Wildman–Crippen LogP) is 2.74. The highest BCUT2D eigenvalue weighted by molar-refractivity contribution is 5.45. The monoisotopic (exact) mass is 271 g/mol. The molecule has 102 valence electrons. The fourth-order valence-electron chi connectivity index (χ4n) is 2.03. The van der Waals surface area contributed by atoms with E-state index in [-0.39, 0.29) is 11.9 Å². The van der Waals surface area contributed by atoms with Gasteiger partial charge in [-0.1, -0.05) is 12.1 Å². The summed E-state index contributed by atoms with van der Waals surface area (Å²) in [7, 11) is 0. The van der Waals surface area contributed by atoms with Gasteiger partial charge in [0.25, 0.3) is 0 Å². The number of aromatic nitrogens is 4. The maximum atomic E-state index is 12.9. The average Bonchev–Trinajstić information content (AvgIpc) is 2.81. The van der Waals surface area contributed by atoms with Crippen molar-refractivity contribution in [3.05, 3.63) is 53.6 Å². The number of benzene rings is 1. The van der Waals surface area contributed by atoms with E-state index in [1.807, 2.05) is 26.0 Å². The zero-order valence-electron chi connectivity index (χ0n) is 11.2. The minimum absolute atomic E-state index is 0.0253. The van der Waals surface area contributed by atoms with E-state index in [1.54, 1.807) is 16.6 Å². The first-order valence-electron chi connectivity index (χ1n) is 6.34. The molecule has 1 N–H and O–H groups in total. The lowest BCUT2D eigenvalue weighted by Gasteiger charge is -2.14. The highest BCUT2D eigenvalue weighted by atomic mass is 19.1. The first kappa shape index (κ1) is 12.5. The highest BCUT2D eigenvalue weighted by Gasteiger charge is 2.08. The molecule has 0 spiro atoms. The molecule has 6 heteroatoms. The fourth-order valence-corrected chi connectivity index (χ4v) is 2.03. The van der Waals surface area contributed by atoms with Gasteiger partial charge in [-0.2, -0.15) is 4.52 Å². The van der Waals surface area contributed by atoms with Crippen LogP contribution in [0.2, 0.25) is 0 Å². The quantitative estimate of drug-likeness (QED) is 0.795. The van der Waals surface area contributed by atoms with Gasteiger partial charge in [-0.15, -0.1) is 15.3 Å². The van der Waals surface area contributed by atoms with Crippen LogP contribution >= 0.6 is 0 Å². The van der Waals surface area contributed by atoms with Crippen LogP contribution in [0.3, 0.4) is 0 Å². The molecule has 0 aliphatic rings. The zero-order valence-corrected chi connectivity index (χ0v) is 11.2. The van der Waals surface area contributed by atoms with E-state index < -0.39 is 0 Å². The lowest BCUT2D eigenvalue weighted by Crippen LogP contribution is -2.09. The normalized spacial score (nSPS) is 12.6. The molecule has 3 rings (SSSR count). The summed E-state index contributed by atoms with van der Waals surface area (Å²) < 4.78 is 14.6. The molecular formula is C14H14FN5. The molecule has 1 aromatic carbocycles. The molecule has 0 bridgehead atoms. The zero-order chi connectivity index (χ0) is 14.1. The van der Waals surface area contributed by atoms with Crippen molar-refractivity contribution >= 4 is 11.5 Å². The smallest absolute Gasteiger partial charge is 0.178 e. The molecule has 0 amide bonds. The van der Waals surface area contributed by atoms with Crippen LogP contribution in [-0.4, -0.2) is 19.8 Å². The summed E-state index contributed by atoms with van der Waals surface area (Å²) in [4.78, 5) is 0. The minimum atomic E-state index is -0.236. The Morgan fingerprint density at radius 1 is 1.10 bits per heavy atom. The molecule has 0 fully saturated rings. The maximum absolute atomic E-state index is 12.9. The summed E-state index contributed by atoms with van der Waals surface area (Å²) in [6.45, 7) is 3.85. The molecule has 0 radical (unpaired) electrons. The van der Waals surface area contributed by atoms with Crippen molar-refractivity contribution in [2.75, 3.05) is 5.32 Å². The summed E-state index contributed by atoms with van der Waals surface area (Å²) >= 11 is 0. The topological polar surface area (TPSA) is 55.1 Å². The Bertz CT molecular complexity index is 735. The number of halogens is 1. The van der Waals surface area contributed by atoms with E-state index in [9.17, 15) is 4.39 Å². The van der Waals surface area contributed by atoms with Gasteiger partial charge in [0.05, 0.1) is 6.04 Å². The van der Waals surface area contributed by atoms with Crippen molar-refractivity contribution in [3.63, 3.8) is 0 Å². The Morgan fingerprint density at radius 3 is 2.60 bits per heavy atom. The van der Waals surface area contributed by atoms with Gasteiger partial charge in [0.2, 0.25) is 0 Å². The van der Waals surface area contributed by atoms with E-state index in [0.29, 0.717) is 5.65 Å². The first-order chi connectivity index (χ1) is 9.63. The molecule has 1 atom stereocenters. The Balaban J connectivity index is 1.84. The summed E-state index contributed by atoms with van der Waals surface area (Å²) in [6, 6.07) is 10.2. The molecule has 0 saturated heterocycles. The van der Waals surface area contributed by atoms with Crippen molar-refractivity contribution < 1.29 is 4.39 Å². The highest BCUT2D eigenvalue weighted by Crippen LogP contribution is 2.18. The van der Waals surface area contributed by atoms with Crippen LogP contribution in [0.15, 0.2) is 36.4 Å². The fraction of sp³-hybridized carbons (Fsp3) is 0.214. The van der Waals surface area contributed by atoms with E-state index in [0.717, 1.165) is 17.2 Å². The average molecular weight is 271 g/mol. The summed E-state index contributed by atoms with van der Waals surface area (Å²) in [5.74, 6) is 1.22. The number of aryl methyl sites for hydroxylation is 1. The van der Waals surface area contributed by atoms with Crippen molar-refractivity contribution in [2.24, 2.45) is 0 Å². The van der Waals surface area contributed by atoms with Gasteiger partial charge in [0.1, 0.15) is 11.6 Å². The number of nitrogens with zero attached hydrogens (tertiary/aromatic N) is 4. The number of anilines is 1. The van der Waals surface area contributed by atoms with Gasteiger partial charge >= 0.3 is 0 Å². The third kappa shape index (κ3) is 2.32. The van der Waals surface area contributed by atoms with Crippen molar-refractivity contribution in [1.29, 1.82) is 0 Å². The van der Waals surface area contributed by atoms with Gasteiger partial charge in [-0.25, -0.2) is 4.39 Å². The van der Waals surface area contributed by atoms with Gasteiger partial charge < -0.3 is 5.32 Å². The minimum Gasteiger partial charge on any atom is -0.362 e. The molecule has 20 heavy (non-hydrogen) atoms. The third-order valence-electron chi connectivity index (χ3n) is 3.15. The van der Waals surface area contributed by atoms with Crippen LogP contribution < -0.4 is 5.32 Å². The molecule has 3 aromatic rings. The Morgan fingerprint density at radius 2 is 1.85 bits per heavy atom. The van der Waals surface area contributed by atoms with Crippen LogP contribution in [0.4, 0.5) is 10.2 Å². The van der Waals surface area contributed by atoms with Crippen LogP contribution in [0.5, 0.6) is 0 Å². The van der Waals surface area contributed by atoms with Gasteiger partial charge in [-0.3, -0.25) is 0 Å². The summed E-state index contributed by atoms with van der Waals surface area (Å²) in [6.07, 6.45) is 0. The second-order valence-electron chi connectivity index (χ2n) is 4.65. The second kappa shape index (κ2) is 4.88. The van der Waals surface area contributed by atoms with E-state index >= 15 is 0 Å². The number of hydrogen-bond donors (Lipinski definition) is 1. The number of nitrogens with one attached hydrogen (secondary N) is 1. The predicted molar refractivity (Wildman–Crippen MR) is 74.0 cm³/mol. The first-order valence-corrected chi connectivity index (χ1v) is 6.34.